The molecule has 0 saturated carbocycles. The smallest absolute Gasteiger partial charge is 0.408 e. The van der Waals surface area contributed by atoms with Gasteiger partial charge in [-0.25, -0.2) is 4.79 Å². The fourth-order valence-electron chi connectivity index (χ4n) is 2.05. The van der Waals surface area contributed by atoms with E-state index in [-0.39, 0.29) is 12.7 Å². The third-order valence-corrected chi connectivity index (χ3v) is 2.90. The second-order valence-electron chi connectivity index (χ2n) is 4.10. The van der Waals surface area contributed by atoms with Crippen molar-refractivity contribution in [3.8, 4) is 0 Å². The normalized spacial score (nSPS) is 23.5. The van der Waals surface area contributed by atoms with Crippen molar-refractivity contribution in [2.75, 3.05) is 19.9 Å². The first-order valence-electron chi connectivity index (χ1n) is 5.42. The van der Waals surface area contributed by atoms with Gasteiger partial charge in [0.2, 0.25) is 0 Å². The molecule has 0 aromatic heterocycles. The van der Waals surface area contributed by atoms with E-state index in [0.29, 0.717) is 5.92 Å². The minimum atomic E-state index is -0.943. The molecule has 3 N–H and O–H groups in total. The molecule has 0 aromatic rings. The Morgan fingerprint density at radius 3 is 2.93 bits per heavy atom. The number of hydrogen-bond donors (Lipinski definition) is 2. The van der Waals surface area contributed by atoms with Gasteiger partial charge in [0.25, 0.3) is 0 Å². The molecule has 0 spiro atoms. The van der Waals surface area contributed by atoms with Crippen LogP contribution in [0.3, 0.4) is 0 Å². The summed E-state index contributed by atoms with van der Waals surface area (Å²) in [6.45, 7) is 3.55. The lowest BCUT2D eigenvalue weighted by Gasteiger charge is -2.30. The van der Waals surface area contributed by atoms with Gasteiger partial charge in [0, 0.05) is 19.3 Å². The zero-order valence-electron chi connectivity index (χ0n) is 9.19. The van der Waals surface area contributed by atoms with Crippen LogP contribution in [-0.2, 0) is 4.74 Å². The maximum absolute atomic E-state index is 10.8. The van der Waals surface area contributed by atoms with Crippen molar-refractivity contribution < 1.29 is 14.6 Å². The molecular weight excluding hydrogens is 196 g/mol. The van der Waals surface area contributed by atoms with Crippen molar-refractivity contribution in [1.29, 1.82) is 0 Å². The summed E-state index contributed by atoms with van der Waals surface area (Å²) in [5, 5.41) is 8.89. The van der Waals surface area contributed by atoms with E-state index in [9.17, 15) is 4.79 Å². The lowest BCUT2D eigenvalue weighted by Crippen LogP contribution is -2.43. The van der Waals surface area contributed by atoms with Gasteiger partial charge in [-0.15, -0.1) is 0 Å². The quantitative estimate of drug-likeness (QED) is 0.690. The highest BCUT2D eigenvalue weighted by molar-refractivity contribution is 5.65. The molecule has 5 nitrogen and oxygen atoms in total. The van der Waals surface area contributed by atoms with Crippen molar-refractivity contribution in [3.63, 3.8) is 0 Å². The summed E-state index contributed by atoms with van der Waals surface area (Å²) in [4.78, 5) is 12.1. The van der Waals surface area contributed by atoms with Crippen LogP contribution in [0.5, 0.6) is 0 Å². The van der Waals surface area contributed by atoms with Gasteiger partial charge in [-0.1, -0.05) is 0 Å². The SMILES string of the molecule is C[C@@H](C[C@H]1CCCOC1)N(CN)C(=O)O. The molecule has 1 fully saturated rings. The number of nitrogens with two attached hydrogens (primary N) is 1. The molecule has 1 heterocycles. The van der Waals surface area contributed by atoms with E-state index in [1.54, 1.807) is 0 Å². The van der Waals surface area contributed by atoms with E-state index in [1.807, 2.05) is 6.92 Å². The second-order valence-corrected chi connectivity index (χ2v) is 4.10. The maximum atomic E-state index is 10.8. The summed E-state index contributed by atoms with van der Waals surface area (Å²) in [5.74, 6) is 0.474. The van der Waals surface area contributed by atoms with E-state index in [0.717, 1.165) is 32.5 Å². The lowest BCUT2D eigenvalue weighted by molar-refractivity contribution is 0.0393. The minimum absolute atomic E-state index is 0.0285. The summed E-state index contributed by atoms with van der Waals surface area (Å²) >= 11 is 0. The number of carboxylic acid groups (broad SMARTS) is 1. The number of amides is 1. The van der Waals surface area contributed by atoms with Crippen LogP contribution in [0, 0.1) is 5.92 Å². The first kappa shape index (κ1) is 12.3. The predicted molar refractivity (Wildman–Crippen MR) is 56.5 cm³/mol. The standard InChI is InChI=1S/C10H20N2O3/c1-8(12(7-11)10(13)14)5-9-3-2-4-15-6-9/h8-9H,2-7,11H2,1H3,(H,13,14)/t8-,9+/m0/s1. The predicted octanol–water partition coefficient (Wildman–Crippen LogP) is 1.09. The van der Waals surface area contributed by atoms with Crippen molar-refractivity contribution in [1.82, 2.24) is 4.90 Å². The molecule has 88 valence electrons. The highest BCUT2D eigenvalue weighted by atomic mass is 16.5. The highest BCUT2D eigenvalue weighted by Gasteiger charge is 2.23. The van der Waals surface area contributed by atoms with Gasteiger partial charge in [0.15, 0.2) is 0 Å². The van der Waals surface area contributed by atoms with Crippen LogP contribution in [0.4, 0.5) is 4.79 Å². The zero-order chi connectivity index (χ0) is 11.3. The molecule has 0 unspecified atom stereocenters. The summed E-state index contributed by atoms with van der Waals surface area (Å²) in [6, 6.07) is -0.0285. The molecule has 0 radical (unpaired) electrons. The topological polar surface area (TPSA) is 75.8 Å². The van der Waals surface area contributed by atoms with E-state index < -0.39 is 6.09 Å². The third kappa shape index (κ3) is 3.68. The molecule has 0 aromatic carbocycles. The molecular formula is C10H20N2O3. The molecule has 1 rings (SSSR count). The fraction of sp³-hybridized carbons (Fsp3) is 0.900. The Bertz CT molecular complexity index is 205. The van der Waals surface area contributed by atoms with Crippen LogP contribution >= 0.6 is 0 Å². The first-order valence-corrected chi connectivity index (χ1v) is 5.42. The van der Waals surface area contributed by atoms with Crippen molar-refractivity contribution in [3.05, 3.63) is 0 Å². The summed E-state index contributed by atoms with van der Waals surface area (Å²) in [5.41, 5.74) is 5.39. The van der Waals surface area contributed by atoms with Gasteiger partial charge in [-0.05, 0) is 32.1 Å². The maximum Gasteiger partial charge on any atom is 0.408 e. The Morgan fingerprint density at radius 1 is 1.73 bits per heavy atom. The van der Waals surface area contributed by atoms with Gasteiger partial charge in [-0.3, -0.25) is 4.90 Å². The molecule has 1 amide bonds. The third-order valence-electron chi connectivity index (χ3n) is 2.90. The first-order chi connectivity index (χ1) is 7.15. The highest BCUT2D eigenvalue weighted by Crippen LogP contribution is 2.20. The number of hydrogen-bond acceptors (Lipinski definition) is 3. The minimum Gasteiger partial charge on any atom is -0.465 e. The van der Waals surface area contributed by atoms with Gasteiger partial charge in [-0.2, -0.15) is 0 Å². The summed E-state index contributed by atoms with van der Waals surface area (Å²) < 4.78 is 5.36. The molecule has 1 saturated heterocycles. The molecule has 0 aliphatic carbocycles. The number of nitrogens with zero attached hydrogens (tertiary/aromatic N) is 1. The largest absolute Gasteiger partial charge is 0.465 e. The van der Waals surface area contributed by atoms with Crippen LogP contribution in [0.1, 0.15) is 26.2 Å². The van der Waals surface area contributed by atoms with Gasteiger partial charge >= 0.3 is 6.09 Å². The fourth-order valence-corrected chi connectivity index (χ4v) is 2.05. The van der Waals surface area contributed by atoms with E-state index in [4.69, 9.17) is 15.6 Å². The van der Waals surface area contributed by atoms with Gasteiger partial charge in [0.1, 0.15) is 0 Å². The average molecular weight is 216 g/mol. The lowest BCUT2D eigenvalue weighted by atomic mass is 9.94. The molecule has 1 aliphatic rings. The monoisotopic (exact) mass is 216 g/mol. The van der Waals surface area contributed by atoms with Crippen molar-refractivity contribution >= 4 is 6.09 Å². The number of ether oxygens (including phenoxy) is 1. The number of carbonyl (C=O) groups is 1. The summed E-state index contributed by atoms with van der Waals surface area (Å²) in [6.07, 6.45) is 2.10. The van der Waals surface area contributed by atoms with Crippen molar-refractivity contribution in [2.45, 2.75) is 32.2 Å². The van der Waals surface area contributed by atoms with E-state index in [2.05, 4.69) is 0 Å². The average Bonchev–Trinajstić information content (AvgIpc) is 2.19. The Labute approximate surface area is 90.2 Å². The van der Waals surface area contributed by atoms with Crippen molar-refractivity contribution in [2.24, 2.45) is 11.7 Å². The van der Waals surface area contributed by atoms with Crippen LogP contribution in [0.2, 0.25) is 0 Å². The van der Waals surface area contributed by atoms with Crippen LogP contribution in [-0.4, -0.2) is 42.0 Å². The van der Waals surface area contributed by atoms with Gasteiger partial charge in [0.05, 0.1) is 6.67 Å². The Hall–Kier alpha value is -0.810. The van der Waals surface area contributed by atoms with Crippen LogP contribution < -0.4 is 5.73 Å². The molecule has 5 heteroatoms. The molecule has 2 atom stereocenters. The summed E-state index contributed by atoms with van der Waals surface area (Å²) in [7, 11) is 0. The zero-order valence-corrected chi connectivity index (χ0v) is 9.19. The Balaban J connectivity index is 2.38. The molecule has 1 aliphatic heterocycles. The Kier molecular flexibility index (Phi) is 4.84. The van der Waals surface area contributed by atoms with Gasteiger partial charge < -0.3 is 15.6 Å². The molecule has 0 bridgehead atoms. The van der Waals surface area contributed by atoms with E-state index >= 15 is 0 Å². The van der Waals surface area contributed by atoms with E-state index in [1.165, 1.54) is 4.90 Å². The number of rotatable bonds is 4. The second kappa shape index (κ2) is 5.92. The van der Waals surface area contributed by atoms with Crippen LogP contribution in [0.15, 0.2) is 0 Å². The molecule has 15 heavy (non-hydrogen) atoms. The van der Waals surface area contributed by atoms with Crippen LogP contribution in [0.25, 0.3) is 0 Å². The Morgan fingerprint density at radius 2 is 2.47 bits per heavy atom.